The molecule has 0 atom stereocenters. The Morgan fingerprint density at radius 2 is 1.79 bits per heavy atom. The Bertz CT molecular complexity index is 314. The van der Waals surface area contributed by atoms with Crippen molar-refractivity contribution in [2.45, 2.75) is 20.8 Å². The fourth-order valence-electron chi connectivity index (χ4n) is 0.897. The van der Waals surface area contributed by atoms with Crippen LogP contribution >= 0.6 is 18.8 Å². The summed E-state index contributed by atoms with van der Waals surface area (Å²) in [5.74, 6) is 0. The quantitative estimate of drug-likeness (QED) is 0.579. The summed E-state index contributed by atoms with van der Waals surface area (Å²) in [5, 5.41) is 0. The predicted octanol–water partition coefficient (Wildman–Crippen LogP) is 3.29. The molecule has 0 aliphatic carbocycles. The van der Waals surface area contributed by atoms with Crippen LogP contribution in [0.3, 0.4) is 0 Å². The Morgan fingerprint density at radius 3 is 2.21 bits per heavy atom. The van der Waals surface area contributed by atoms with Crippen LogP contribution in [-0.2, 0) is 0 Å². The summed E-state index contributed by atoms with van der Waals surface area (Å²) in [4.78, 5) is 0. The molecule has 76 valence electrons. The Hall–Kier alpha value is 0.199. The Balaban J connectivity index is 2.78. The maximum atomic E-state index is 5.95. The van der Waals surface area contributed by atoms with E-state index >= 15 is 0 Å². The molecule has 0 bridgehead atoms. The fourth-order valence-corrected chi connectivity index (χ4v) is 4.97. The van der Waals surface area contributed by atoms with E-state index < -0.39 is 0 Å². The van der Waals surface area contributed by atoms with Gasteiger partial charge in [0.2, 0.25) is 0 Å². The van der Waals surface area contributed by atoms with Gasteiger partial charge < -0.3 is 0 Å². The van der Waals surface area contributed by atoms with Gasteiger partial charge in [-0.25, -0.2) is 0 Å². The summed E-state index contributed by atoms with van der Waals surface area (Å²) in [7, 11) is 0.915. The second-order valence-corrected chi connectivity index (χ2v) is 8.13. The molecule has 0 aliphatic heterocycles. The van der Waals surface area contributed by atoms with Crippen LogP contribution in [0, 0.1) is 5.41 Å². The minimum absolute atomic E-state index is 0.221. The summed E-state index contributed by atoms with van der Waals surface area (Å²) in [6, 6.07) is 10.6. The van der Waals surface area contributed by atoms with Gasteiger partial charge in [0.25, 0.3) is 0 Å². The van der Waals surface area contributed by atoms with E-state index in [1.165, 1.54) is 8.65 Å². The van der Waals surface area contributed by atoms with E-state index in [2.05, 4.69) is 51.1 Å². The molecule has 0 aromatic heterocycles. The molecule has 1 rings (SSSR count). The molecule has 1 aromatic carbocycles. The SMILES string of the molecule is CC(C)(C)C(=PCl)[Se]c1ccccc1. The van der Waals surface area contributed by atoms with Gasteiger partial charge in [0.15, 0.2) is 0 Å². The first-order valence-corrected chi connectivity index (χ1v) is 7.97. The first kappa shape index (κ1) is 12.3. The molecule has 0 nitrogen and oxygen atoms in total. The van der Waals surface area contributed by atoms with Crippen LogP contribution in [0.5, 0.6) is 0 Å². The number of halogens is 1. The zero-order valence-electron chi connectivity index (χ0n) is 8.62. The van der Waals surface area contributed by atoms with Crippen molar-refractivity contribution >= 4 is 42.4 Å². The Kier molecular flexibility index (Phi) is 4.67. The summed E-state index contributed by atoms with van der Waals surface area (Å²) in [5.41, 5.74) is 0.221. The molecule has 0 aliphatic rings. The molecule has 0 saturated heterocycles. The molecular weight excluding hydrogens is 278 g/mol. The maximum absolute atomic E-state index is 5.95. The van der Waals surface area contributed by atoms with Crippen LogP contribution in [0.1, 0.15) is 20.8 Å². The van der Waals surface area contributed by atoms with Crippen molar-refractivity contribution in [2.24, 2.45) is 5.41 Å². The van der Waals surface area contributed by atoms with Crippen molar-refractivity contribution in [1.29, 1.82) is 0 Å². The summed E-state index contributed by atoms with van der Waals surface area (Å²) in [6.07, 6.45) is 0. The molecule has 0 unspecified atom stereocenters. The van der Waals surface area contributed by atoms with E-state index in [1.807, 2.05) is 0 Å². The normalized spacial score (nSPS) is 13.0. The molecule has 14 heavy (non-hydrogen) atoms. The molecule has 1 aromatic rings. The number of hydrogen-bond acceptors (Lipinski definition) is 0. The zero-order chi connectivity index (χ0) is 10.6. The van der Waals surface area contributed by atoms with Gasteiger partial charge in [-0.3, -0.25) is 0 Å². The van der Waals surface area contributed by atoms with Crippen LogP contribution in [0.25, 0.3) is 0 Å². The second-order valence-electron chi connectivity index (χ2n) is 4.05. The van der Waals surface area contributed by atoms with Gasteiger partial charge in [0.05, 0.1) is 0 Å². The van der Waals surface area contributed by atoms with Crippen LogP contribution in [0.15, 0.2) is 30.3 Å². The topological polar surface area (TPSA) is 0 Å². The van der Waals surface area contributed by atoms with Crippen LogP contribution in [-0.4, -0.2) is 19.1 Å². The minimum atomic E-state index is 0.221. The van der Waals surface area contributed by atoms with Crippen molar-refractivity contribution in [1.82, 2.24) is 0 Å². The number of hydrogen-bond donors (Lipinski definition) is 0. The third-order valence-electron chi connectivity index (χ3n) is 1.68. The fraction of sp³-hybridized carbons (Fsp3) is 0.364. The van der Waals surface area contributed by atoms with Crippen LogP contribution in [0.2, 0.25) is 0 Å². The third kappa shape index (κ3) is 3.75. The summed E-state index contributed by atoms with van der Waals surface area (Å²) < 4.78 is 2.83. The molecule has 0 N–H and O–H groups in total. The van der Waals surface area contributed by atoms with E-state index in [1.54, 1.807) is 0 Å². The molecule has 0 saturated carbocycles. The van der Waals surface area contributed by atoms with Gasteiger partial charge in [-0.05, 0) is 0 Å². The van der Waals surface area contributed by atoms with Gasteiger partial charge in [0.1, 0.15) is 0 Å². The Labute approximate surface area is 98.8 Å². The monoisotopic (exact) mass is 292 g/mol. The third-order valence-corrected chi connectivity index (χ3v) is 7.49. The van der Waals surface area contributed by atoms with Crippen molar-refractivity contribution < 1.29 is 0 Å². The average molecular weight is 292 g/mol. The zero-order valence-corrected chi connectivity index (χ0v) is 12.0. The van der Waals surface area contributed by atoms with Crippen LogP contribution < -0.4 is 4.46 Å². The van der Waals surface area contributed by atoms with Crippen LogP contribution in [0.4, 0.5) is 0 Å². The standard InChI is InChI=1S/C11H14ClPSe/c1-11(2,3)10(13-12)14-9-7-5-4-6-8-9/h4-8H,1-3H3. The van der Waals surface area contributed by atoms with Gasteiger partial charge in [-0.1, -0.05) is 0 Å². The van der Waals surface area contributed by atoms with Crippen molar-refractivity contribution in [3.05, 3.63) is 30.3 Å². The van der Waals surface area contributed by atoms with E-state index in [9.17, 15) is 0 Å². The molecule has 0 radical (unpaired) electrons. The van der Waals surface area contributed by atoms with Gasteiger partial charge in [0, 0.05) is 0 Å². The molecule has 0 fully saturated rings. The first-order valence-electron chi connectivity index (χ1n) is 4.46. The van der Waals surface area contributed by atoms with E-state index in [-0.39, 0.29) is 5.41 Å². The van der Waals surface area contributed by atoms with Crippen molar-refractivity contribution in [3.63, 3.8) is 0 Å². The molecule has 0 heterocycles. The van der Waals surface area contributed by atoms with Gasteiger partial charge >= 0.3 is 98.9 Å². The first-order chi connectivity index (χ1) is 6.54. The summed E-state index contributed by atoms with van der Waals surface area (Å²) >= 11 is 6.34. The molecule has 3 heteroatoms. The Morgan fingerprint density at radius 1 is 1.21 bits per heavy atom. The van der Waals surface area contributed by atoms with E-state index in [0.717, 1.165) is 7.56 Å². The van der Waals surface area contributed by atoms with Crippen molar-refractivity contribution in [2.75, 3.05) is 0 Å². The van der Waals surface area contributed by atoms with E-state index in [0.29, 0.717) is 15.0 Å². The number of benzene rings is 1. The molecular formula is C11H14ClPSe. The molecule has 0 spiro atoms. The predicted molar refractivity (Wildman–Crippen MR) is 69.1 cm³/mol. The van der Waals surface area contributed by atoms with Crippen molar-refractivity contribution in [3.8, 4) is 0 Å². The average Bonchev–Trinajstić information content (AvgIpc) is 2.14. The van der Waals surface area contributed by atoms with Gasteiger partial charge in [-0.2, -0.15) is 0 Å². The molecule has 0 amide bonds. The number of rotatable bonds is 2. The van der Waals surface area contributed by atoms with Gasteiger partial charge in [-0.15, -0.1) is 0 Å². The second kappa shape index (κ2) is 5.33. The summed E-state index contributed by atoms with van der Waals surface area (Å²) in [6.45, 7) is 6.67. The van der Waals surface area contributed by atoms with E-state index in [4.69, 9.17) is 11.2 Å².